The zero-order chi connectivity index (χ0) is 18.0. The molecule has 1 amide bonds. The fourth-order valence-corrected chi connectivity index (χ4v) is 2.98. The Hall–Kier alpha value is -2.83. The molecule has 1 saturated heterocycles. The third-order valence-corrected chi connectivity index (χ3v) is 4.25. The fraction of sp³-hybridized carbons (Fsp3) is 0.389. The molecule has 1 aliphatic heterocycles. The number of hydrogen-bond acceptors (Lipinski definition) is 5. The lowest BCUT2D eigenvalue weighted by atomic mass is 10.2. The molecule has 25 heavy (non-hydrogen) atoms. The van der Waals surface area contributed by atoms with Crippen LogP contribution >= 0.6 is 0 Å². The highest BCUT2D eigenvalue weighted by molar-refractivity contribution is 5.95. The van der Waals surface area contributed by atoms with Gasteiger partial charge in [-0.1, -0.05) is 0 Å². The van der Waals surface area contributed by atoms with E-state index in [-0.39, 0.29) is 17.6 Å². The van der Waals surface area contributed by atoms with Gasteiger partial charge < -0.3 is 19.5 Å². The van der Waals surface area contributed by atoms with Gasteiger partial charge in [0.25, 0.3) is 5.91 Å². The minimum atomic E-state index is -0.204. The van der Waals surface area contributed by atoms with Gasteiger partial charge in [-0.3, -0.25) is 9.59 Å². The molecule has 0 spiro atoms. The predicted octanol–water partition coefficient (Wildman–Crippen LogP) is 1.44. The molecule has 0 saturated carbocycles. The van der Waals surface area contributed by atoms with Crippen LogP contribution in [-0.2, 0) is 0 Å². The topological polar surface area (TPSA) is 78.5 Å². The molecule has 1 N–H and O–H groups in total. The quantitative estimate of drug-likeness (QED) is 0.910. The maximum Gasteiger partial charge on any atom is 0.255 e. The molecule has 1 atom stereocenters. The van der Waals surface area contributed by atoms with Crippen LogP contribution in [0.2, 0.25) is 0 Å². The van der Waals surface area contributed by atoms with Crippen LogP contribution in [0.15, 0.2) is 35.3 Å². The summed E-state index contributed by atoms with van der Waals surface area (Å²) in [7, 11) is 3.83. The molecule has 7 heteroatoms. The van der Waals surface area contributed by atoms with Crippen molar-refractivity contribution in [2.45, 2.75) is 19.4 Å². The van der Waals surface area contributed by atoms with Crippen molar-refractivity contribution in [3.8, 4) is 5.75 Å². The van der Waals surface area contributed by atoms with E-state index >= 15 is 0 Å². The highest BCUT2D eigenvalue weighted by Crippen LogP contribution is 2.27. The first-order valence-electron chi connectivity index (χ1n) is 8.24. The van der Waals surface area contributed by atoms with Crippen molar-refractivity contribution in [1.29, 1.82) is 0 Å². The second kappa shape index (κ2) is 6.96. The predicted molar refractivity (Wildman–Crippen MR) is 95.3 cm³/mol. The summed E-state index contributed by atoms with van der Waals surface area (Å²) in [4.78, 5) is 34.7. The van der Waals surface area contributed by atoms with Gasteiger partial charge >= 0.3 is 0 Å². The van der Waals surface area contributed by atoms with Crippen LogP contribution in [0.25, 0.3) is 0 Å². The van der Waals surface area contributed by atoms with Crippen LogP contribution in [0, 0.1) is 6.92 Å². The Morgan fingerprint density at radius 3 is 2.88 bits per heavy atom. The van der Waals surface area contributed by atoms with Crippen molar-refractivity contribution in [2.24, 2.45) is 0 Å². The van der Waals surface area contributed by atoms with Crippen LogP contribution in [0.1, 0.15) is 22.5 Å². The van der Waals surface area contributed by atoms with E-state index in [4.69, 9.17) is 4.74 Å². The van der Waals surface area contributed by atoms with E-state index in [1.54, 1.807) is 24.1 Å². The average Bonchev–Trinajstić information content (AvgIpc) is 3.03. The standard InChI is InChI=1S/C18H22N4O3/c1-12-14(6-7-16(23)20-12)18(24)22-10-8-13(11-22)25-15-5-4-9-19-17(15)21(2)3/h4-7,9,13H,8,10-11H2,1-3H3,(H,20,23)/t13-/m0/s1. The number of amides is 1. The second-order valence-corrected chi connectivity index (χ2v) is 6.36. The van der Waals surface area contributed by atoms with Gasteiger partial charge in [-0.2, -0.15) is 0 Å². The molecule has 1 fully saturated rings. The number of nitrogens with one attached hydrogen (secondary N) is 1. The summed E-state index contributed by atoms with van der Waals surface area (Å²) in [6.45, 7) is 2.87. The Balaban J connectivity index is 1.70. The molecule has 0 bridgehead atoms. The molecule has 3 heterocycles. The maximum atomic E-state index is 12.7. The van der Waals surface area contributed by atoms with Crippen molar-refractivity contribution < 1.29 is 9.53 Å². The number of rotatable bonds is 4. The van der Waals surface area contributed by atoms with E-state index in [9.17, 15) is 9.59 Å². The summed E-state index contributed by atoms with van der Waals surface area (Å²) in [6.07, 6.45) is 2.41. The summed E-state index contributed by atoms with van der Waals surface area (Å²) in [5.41, 5.74) is 0.907. The number of pyridine rings is 2. The Kier molecular flexibility index (Phi) is 4.74. The van der Waals surface area contributed by atoms with E-state index in [1.165, 1.54) is 6.07 Å². The van der Waals surface area contributed by atoms with Gasteiger partial charge in [0.1, 0.15) is 6.10 Å². The Morgan fingerprint density at radius 2 is 2.16 bits per heavy atom. The minimum absolute atomic E-state index is 0.0742. The zero-order valence-corrected chi connectivity index (χ0v) is 14.7. The van der Waals surface area contributed by atoms with Crippen LogP contribution in [0.5, 0.6) is 5.75 Å². The number of carbonyl (C=O) groups is 1. The first kappa shape index (κ1) is 17.0. The van der Waals surface area contributed by atoms with Gasteiger partial charge in [0.2, 0.25) is 5.56 Å². The number of aromatic nitrogens is 2. The monoisotopic (exact) mass is 342 g/mol. The lowest BCUT2D eigenvalue weighted by Crippen LogP contribution is -2.32. The molecule has 0 aliphatic carbocycles. The van der Waals surface area contributed by atoms with Crippen molar-refractivity contribution in [3.63, 3.8) is 0 Å². The van der Waals surface area contributed by atoms with Gasteiger partial charge in [0, 0.05) is 45.0 Å². The van der Waals surface area contributed by atoms with Gasteiger partial charge in [0.05, 0.1) is 12.1 Å². The van der Waals surface area contributed by atoms with Crippen molar-refractivity contribution in [3.05, 3.63) is 52.1 Å². The minimum Gasteiger partial charge on any atom is -0.485 e. The molecule has 7 nitrogen and oxygen atoms in total. The fourth-order valence-electron chi connectivity index (χ4n) is 2.98. The van der Waals surface area contributed by atoms with Gasteiger partial charge in [-0.25, -0.2) is 4.98 Å². The number of aromatic amines is 1. The van der Waals surface area contributed by atoms with Crippen LogP contribution < -0.4 is 15.2 Å². The third-order valence-electron chi connectivity index (χ3n) is 4.25. The zero-order valence-electron chi connectivity index (χ0n) is 14.7. The number of H-pyrrole nitrogens is 1. The van der Waals surface area contributed by atoms with E-state index in [2.05, 4.69) is 9.97 Å². The molecular weight excluding hydrogens is 320 g/mol. The molecule has 3 rings (SSSR count). The van der Waals surface area contributed by atoms with Crippen LogP contribution in [-0.4, -0.2) is 54.1 Å². The number of hydrogen-bond donors (Lipinski definition) is 1. The number of aryl methyl sites for hydroxylation is 1. The maximum absolute atomic E-state index is 12.7. The van der Waals surface area contributed by atoms with E-state index < -0.39 is 0 Å². The molecule has 2 aromatic heterocycles. The van der Waals surface area contributed by atoms with Crippen molar-refractivity contribution in [1.82, 2.24) is 14.9 Å². The molecule has 1 aliphatic rings. The number of nitrogens with zero attached hydrogens (tertiary/aromatic N) is 3. The molecule has 0 aromatic carbocycles. The molecule has 132 valence electrons. The molecule has 0 radical (unpaired) electrons. The van der Waals surface area contributed by atoms with Gasteiger partial charge in [0.15, 0.2) is 11.6 Å². The van der Waals surface area contributed by atoms with Gasteiger partial charge in [-0.05, 0) is 25.1 Å². The van der Waals surface area contributed by atoms with E-state index in [0.717, 1.165) is 12.2 Å². The van der Waals surface area contributed by atoms with Crippen molar-refractivity contribution >= 4 is 11.7 Å². The van der Waals surface area contributed by atoms with E-state index in [1.807, 2.05) is 31.1 Å². The molecular formula is C18H22N4O3. The normalized spacial score (nSPS) is 16.8. The van der Waals surface area contributed by atoms with Crippen LogP contribution in [0.4, 0.5) is 5.82 Å². The number of carbonyl (C=O) groups excluding carboxylic acids is 1. The largest absolute Gasteiger partial charge is 0.485 e. The SMILES string of the molecule is Cc1[nH]c(=O)ccc1C(=O)N1CC[C@H](Oc2cccnc2N(C)C)C1. The first-order valence-corrected chi connectivity index (χ1v) is 8.24. The summed E-state index contributed by atoms with van der Waals surface area (Å²) in [5, 5.41) is 0. The summed E-state index contributed by atoms with van der Waals surface area (Å²) < 4.78 is 6.08. The lowest BCUT2D eigenvalue weighted by Gasteiger charge is -2.20. The molecule has 2 aromatic rings. The number of likely N-dealkylation sites (tertiary alicyclic amines) is 1. The summed E-state index contributed by atoms with van der Waals surface area (Å²) in [5.74, 6) is 1.40. The Morgan fingerprint density at radius 1 is 1.36 bits per heavy atom. The summed E-state index contributed by atoms with van der Waals surface area (Å²) in [6, 6.07) is 6.68. The summed E-state index contributed by atoms with van der Waals surface area (Å²) >= 11 is 0. The van der Waals surface area contributed by atoms with Gasteiger partial charge in [-0.15, -0.1) is 0 Å². The second-order valence-electron chi connectivity index (χ2n) is 6.36. The van der Waals surface area contributed by atoms with Crippen LogP contribution in [0.3, 0.4) is 0 Å². The Bertz CT molecular complexity index is 831. The van der Waals surface area contributed by atoms with Crippen molar-refractivity contribution in [2.75, 3.05) is 32.1 Å². The highest BCUT2D eigenvalue weighted by atomic mass is 16.5. The smallest absolute Gasteiger partial charge is 0.255 e. The number of anilines is 1. The third kappa shape index (κ3) is 3.65. The number of ether oxygens (including phenoxy) is 1. The lowest BCUT2D eigenvalue weighted by molar-refractivity contribution is 0.0771. The molecule has 0 unspecified atom stereocenters. The first-order chi connectivity index (χ1) is 12.0. The highest BCUT2D eigenvalue weighted by Gasteiger charge is 2.29. The van der Waals surface area contributed by atoms with E-state index in [0.29, 0.717) is 30.1 Å². The Labute approximate surface area is 146 Å². The average molecular weight is 342 g/mol.